The van der Waals surface area contributed by atoms with E-state index in [2.05, 4.69) is 4.72 Å². The average molecular weight is 319 g/mol. The Morgan fingerprint density at radius 1 is 1.40 bits per heavy atom. The lowest BCUT2D eigenvalue weighted by Gasteiger charge is -2.20. The number of carbonyl (C=O) groups is 1. The molecule has 0 aliphatic heterocycles. The summed E-state index contributed by atoms with van der Waals surface area (Å²) < 4.78 is 26.7. The van der Waals surface area contributed by atoms with Crippen LogP contribution < -0.4 is 4.72 Å². The van der Waals surface area contributed by atoms with Crippen LogP contribution >= 0.6 is 11.3 Å². The van der Waals surface area contributed by atoms with Crippen molar-refractivity contribution in [1.29, 1.82) is 0 Å². The highest BCUT2D eigenvalue weighted by molar-refractivity contribution is 7.91. The smallest absolute Gasteiger partial charge is 0.303 e. The van der Waals surface area contributed by atoms with E-state index in [1.807, 2.05) is 13.8 Å². The molecule has 0 aliphatic carbocycles. The molecular weight excluding hydrogens is 298 g/mol. The summed E-state index contributed by atoms with van der Waals surface area (Å²) in [5.74, 6) is -0.271. The van der Waals surface area contributed by atoms with Crippen molar-refractivity contribution in [2.24, 2.45) is 11.8 Å². The van der Waals surface area contributed by atoms with Crippen LogP contribution in [0, 0.1) is 11.8 Å². The molecule has 1 unspecified atom stereocenters. The molecule has 0 aromatic carbocycles. The molecule has 20 heavy (non-hydrogen) atoms. The van der Waals surface area contributed by atoms with E-state index in [0.29, 0.717) is 29.5 Å². The average Bonchev–Trinajstić information content (AvgIpc) is 2.87. The van der Waals surface area contributed by atoms with Crippen LogP contribution in [0.25, 0.3) is 0 Å². The van der Waals surface area contributed by atoms with Crippen LogP contribution in [0.1, 0.15) is 33.1 Å². The maximum absolute atomic E-state index is 11.9. The van der Waals surface area contributed by atoms with E-state index in [1.165, 1.54) is 11.3 Å². The molecule has 1 heterocycles. The maximum atomic E-state index is 11.9. The van der Waals surface area contributed by atoms with Crippen molar-refractivity contribution in [2.75, 3.05) is 6.54 Å². The van der Waals surface area contributed by atoms with Crippen molar-refractivity contribution in [3.8, 4) is 0 Å². The molecule has 0 spiro atoms. The van der Waals surface area contributed by atoms with Crippen molar-refractivity contribution < 1.29 is 18.3 Å². The highest BCUT2D eigenvalue weighted by Crippen LogP contribution is 2.21. The minimum atomic E-state index is -3.42. The molecule has 0 fully saturated rings. The van der Waals surface area contributed by atoms with E-state index in [0.717, 1.165) is 0 Å². The van der Waals surface area contributed by atoms with Gasteiger partial charge in [-0.15, -0.1) is 11.3 Å². The Kier molecular flexibility index (Phi) is 6.64. The first-order valence-corrected chi connectivity index (χ1v) is 8.94. The molecular formula is C13H21NO4S2. The summed E-state index contributed by atoms with van der Waals surface area (Å²) in [4.78, 5) is 10.6. The zero-order chi connectivity index (χ0) is 15.2. The maximum Gasteiger partial charge on any atom is 0.303 e. The molecule has 1 aromatic heterocycles. The van der Waals surface area contributed by atoms with Gasteiger partial charge < -0.3 is 5.11 Å². The predicted octanol–water partition coefficient (Wildman–Crippen LogP) is 2.55. The van der Waals surface area contributed by atoms with Crippen LogP contribution in [0.4, 0.5) is 0 Å². The van der Waals surface area contributed by atoms with Crippen LogP contribution in [-0.2, 0) is 14.8 Å². The second-order valence-corrected chi connectivity index (χ2v) is 8.00. The van der Waals surface area contributed by atoms with Gasteiger partial charge in [-0.1, -0.05) is 19.9 Å². The lowest BCUT2D eigenvalue weighted by Crippen LogP contribution is -2.26. The number of carboxylic acids is 1. The summed E-state index contributed by atoms with van der Waals surface area (Å²) in [6.07, 6.45) is 1.35. The highest BCUT2D eigenvalue weighted by atomic mass is 32.2. The summed E-state index contributed by atoms with van der Waals surface area (Å²) in [6.45, 7) is 4.39. The van der Waals surface area contributed by atoms with E-state index >= 15 is 0 Å². The predicted molar refractivity (Wildman–Crippen MR) is 79.3 cm³/mol. The van der Waals surface area contributed by atoms with E-state index in [-0.39, 0.29) is 12.3 Å². The third-order valence-corrected chi connectivity index (χ3v) is 6.10. The first-order chi connectivity index (χ1) is 9.33. The number of thiophene rings is 1. The van der Waals surface area contributed by atoms with Crippen LogP contribution in [0.15, 0.2) is 21.7 Å². The standard InChI is InChI=1S/C13H21NO4S2/c1-10(2)11(5-6-12(15)16)7-8-14-20(17,18)13-4-3-9-19-13/h3-4,9-11,14H,5-8H2,1-2H3,(H,15,16). The zero-order valence-electron chi connectivity index (χ0n) is 11.7. The Bertz CT molecular complexity index is 508. The first kappa shape index (κ1) is 17.1. The lowest BCUT2D eigenvalue weighted by molar-refractivity contribution is -0.137. The van der Waals surface area contributed by atoms with E-state index < -0.39 is 16.0 Å². The minimum absolute atomic E-state index is 0.126. The second-order valence-electron chi connectivity index (χ2n) is 5.06. The van der Waals surface area contributed by atoms with Crippen molar-refractivity contribution in [2.45, 2.75) is 37.3 Å². The number of sulfonamides is 1. The number of rotatable bonds is 9. The molecule has 1 aromatic rings. The topological polar surface area (TPSA) is 83.5 Å². The van der Waals surface area contributed by atoms with Gasteiger partial charge >= 0.3 is 5.97 Å². The molecule has 0 saturated heterocycles. The van der Waals surface area contributed by atoms with Crippen molar-refractivity contribution >= 4 is 27.3 Å². The summed E-state index contributed by atoms with van der Waals surface area (Å²) in [7, 11) is -3.42. The summed E-state index contributed by atoms with van der Waals surface area (Å²) in [6, 6.07) is 3.26. The molecule has 5 nitrogen and oxygen atoms in total. The molecule has 0 bridgehead atoms. The normalized spacial score (nSPS) is 13.6. The SMILES string of the molecule is CC(C)C(CCNS(=O)(=O)c1cccs1)CCC(=O)O. The van der Waals surface area contributed by atoms with Crippen LogP contribution in [0.3, 0.4) is 0 Å². The Morgan fingerprint density at radius 2 is 2.10 bits per heavy atom. The Morgan fingerprint density at radius 3 is 2.60 bits per heavy atom. The number of hydrogen-bond donors (Lipinski definition) is 2. The zero-order valence-corrected chi connectivity index (χ0v) is 13.3. The minimum Gasteiger partial charge on any atom is -0.481 e. The van der Waals surface area contributed by atoms with Gasteiger partial charge in [0.1, 0.15) is 4.21 Å². The number of carboxylic acid groups (broad SMARTS) is 1. The monoisotopic (exact) mass is 319 g/mol. The van der Waals surface area contributed by atoms with Crippen molar-refractivity contribution in [3.63, 3.8) is 0 Å². The van der Waals surface area contributed by atoms with Gasteiger partial charge in [0.15, 0.2) is 0 Å². The summed E-state index contributed by atoms with van der Waals surface area (Å²) >= 11 is 1.18. The molecule has 114 valence electrons. The van der Waals surface area contributed by atoms with Crippen molar-refractivity contribution in [1.82, 2.24) is 4.72 Å². The molecule has 0 amide bonds. The molecule has 7 heteroatoms. The Balaban J connectivity index is 2.46. The van der Waals surface area contributed by atoms with E-state index in [4.69, 9.17) is 5.11 Å². The van der Waals surface area contributed by atoms with Gasteiger partial charge in [-0.25, -0.2) is 13.1 Å². The summed E-state index contributed by atoms with van der Waals surface area (Å²) in [5, 5.41) is 10.4. The Hall–Kier alpha value is -0.920. The van der Waals surface area contributed by atoms with Crippen LogP contribution in [-0.4, -0.2) is 26.0 Å². The fourth-order valence-corrected chi connectivity index (χ4v) is 4.07. The third kappa shape index (κ3) is 5.60. The van der Waals surface area contributed by atoms with Gasteiger partial charge in [-0.2, -0.15) is 0 Å². The second kappa shape index (κ2) is 7.75. The molecule has 2 N–H and O–H groups in total. The largest absolute Gasteiger partial charge is 0.481 e. The first-order valence-electron chi connectivity index (χ1n) is 6.58. The van der Waals surface area contributed by atoms with Crippen LogP contribution in [0.5, 0.6) is 0 Å². The third-order valence-electron chi connectivity index (χ3n) is 3.24. The van der Waals surface area contributed by atoms with Crippen LogP contribution in [0.2, 0.25) is 0 Å². The molecule has 1 rings (SSSR count). The molecule has 0 saturated carbocycles. The fraction of sp³-hybridized carbons (Fsp3) is 0.615. The highest BCUT2D eigenvalue weighted by Gasteiger charge is 2.18. The van der Waals surface area contributed by atoms with Gasteiger partial charge in [0.25, 0.3) is 0 Å². The van der Waals surface area contributed by atoms with Gasteiger partial charge in [0.05, 0.1) is 0 Å². The molecule has 0 aliphatic rings. The Labute approximate surface area is 124 Å². The van der Waals surface area contributed by atoms with Crippen molar-refractivity contribution in [3.05, 3.63) is 17.5 Å². The fourth-order valence-electron chi connectivity index (χ4n) is 1.99. The summed E-state index contributed by atoms with van der Waals surface area (Å²) in [5.41, 5.74) is 0. The van der Waals surface area contributed by atoms with Gasteiger partial charge in [0, 0.05) is 13.0 Å². The number of hydrogen-bond acceptors (Lipinski definition) is 4. The number of nitrogens with one attached hydrogen (secondary N) is 1. The lowest BCUT2D eigenvalue weighted by atomic mass is 9.88. The van der Waals surface area contributed by atoms with Gasteiger partial charge in [-0.05, 0) is 36.1 Å². The van der Waals surface area contributed by atoms with E-state index in [1.54, 1.807) is 17.5 Å². The van der Waals surface area contributed by atoms with Gasteiger partial charge in [-0.3, -0.25) is 4.79 Å². The molecule has 1 atom stereocenters. The van der Waals surface area contributed by atoms with E-state index in [9.17, 15) is 13.2 Å². The van der Waals surface area contributed by atoms with Gasteiger partial charge in [0.2, 0.25) is 10.0 Å². The molecule has 0 radical (unpaired) electrons. The number of aliphatic carboxylic acids is 1. The quantitative estimate of drug-likeness (QED) is 0.732.